The fourth-order valence-corrected chi connectivity index (χ4v) is 3.76. The predicted molar refractivity (Wildman–Crippen MR) is 109 cm³/mol. The maximum absolute atomic E-state index is 13.2. The van der Waals surface area contributed by atoms with E-state index in [0.717, 1.165) is 5.56 Å². The first-order valence-corrected chi connectivity index (χ1v) is 9.47. The molecule has 0 radical (unpaired) electrons. The van der Waals surface area contributed by atoms with Gasteiger partial charge in [-0.1, -0.05) is 30.3 Å². The fourth-order valence-electron chi connectivity index (χ4n) is 3.76. The van der Waals surface area contributed by atoms with Gasteiger partial charge in [-0.25, -0.2) is 4.98 Å². The summed E-state index contributed by atoms with van der Waals surface area (Å²) in [4.78, 5) is 41.5. The Hall–Kier alpha value is -3.48. The molecule has 1 atom stereocenters. The number of anilines is 1. The first-order valence-electron chi connectivity index (χ1n) is 9.47. The molecule has 3 aromatic rings. The molecule has 2 N–H and O–H groups in total. The second-order valence-electron chi connectivity index (χ2n) is 7.25. The van der Waals surface area contributed by atoms with E-state index >= 15 is 0 Å². The van der Waals surface area contributed by atoms with E-state index in [9.17, 15) is 14.4 Å². The first kappa shape index (κ1) is 18.9. The maximum atomic E-state index is 13.2. The maximum Gasteiger partial charge on any atom is 0.264 e. The average molecular weight is 391 g/mol. The lowest BCUT2D eigenvalue weighted by atomic mass is 9.92. The Morgan fingerprint density at radius 3 is 2.66 bits per heavy atom. The van der Waals surface area contributed by atoms with Crippen LogP contribution in [0.15, 0.2) is 47.3 Å². The molecule has 1 heterocycles. The normalized spacial score (nSPS) is 16.9. The van der Waals surface area contributed by atoms with Crippen LogP contribution in [-0.2, 0) is 16.2 Å². The van der Waals surface area contributed by atoms with Crippen molar-refractivity contribution in [1.29, 1.82) is 0 Å². The molecular weight excluding hydrogens is 370 g/mol. The van der Waals surface area contributed by atoms with Crippen molar-refractivity contribution in [3.8, 4) is 5.75 Å². The zero-order valence-electron chi connectivity index (χ0n) is 16.1. The van der Waals surface area contributed by atoms with E-state index in [0.29, 0.717) is 30.1 Å². The number of hydrogen-bond acceptors (Lipinski definition) is 6. The second kappa shape index (κ2) is 7.50. The summed E-state index contributed by atoms with van der Waals surface area (Å²) in [6.07, 6.45) is 0.447. The molecule has 7 heteroatoms. The molecule has 148 valence electrons. The first-order chi connectivity index (χ1) is 13.9. The van der Waals surface area contributed by atoms with Crippen molar-refractivity contribution >= 4 is 28.2 Å². The van der Waals surface area contributed by atoms with Gasteiger partial charge in [0.15, 0.2) is 5.78 Å². The van der Waals surface area contributed by atoms with Gasteiger partial charge < -0.3 is 10.5 Å². The van der Waals surface area contributed by atoms with Crippen molar-refractivity contribution in [1.82, 2.24) is 9.55 Å². The fraction of sp³-hybridized carbons (Fsp3) is 0.273. The Kier molecular flexibility index (Phi) is 4.88. The minimum Gasteiger partial charge on any atom is -0.489 e. The molecule has 1 fully saturated rings. The average Bonchev–Trinajstić information content (AvgIpc) is 2.68. The molecule has 1 aromatic heterocycles. The van der Waals surface area contributed by atoms with Gasteiger partial charge in [0.25, 0.3) is 5.56 Å². The van der Waals surface area contributed by atoms with Crippen LogP contribution in [0.3, 0.4) is 0 Å². The summed E-state index contributed by atoms with van der Waals surface area (Å²) in [6, 6.07) is 12.3. The van der Waals surface area contributed by atoms with Crippen LogP contribution in [0, 0.1) is 6.92 Å². The Morgan fingerprint density at radius 2 is 1.93 bits per heavy atom. The van der Waals surface area contributed by atoms with E-state index in [1.165, 1.54) is 4.57 Å². The zero-order valence-corrected chi connectivity index (χ0v) is 16.1. The number of rotatable bonds is 4. The van der Waals surface area contributed by atoms with Crippen LogP contribution in [0.2, 0.25) is 0 Å². The van der Waals surface area contributed by atoms with Gasteiger partial charge in [0.2, 0.25) is 0 Å². The highest BCUT2D eigenvalue weighted by atomic mass is 16.5. The molecule has 0 spiro atoms. The SMILES string of the molecule is Cc1nc2cc(OCc3ccccc3)cc(N)c2c(=O)n1[C@H]1CCC(=O)CC1=O. The predicted octanol–water partition coefficient (Wildman–Crippen LogP) is 2.73. The Balaban J connectivity index is 1.71. The molecule has 1 aliphatic carbocycles. The van der Waals surface area contributed by atoms with Crippen molar-refractivity contribution in [2.45, 2.75) is 38.8 Å². The number of carbonyl (C=O) groups is 2. The van der Waals surface area contributed by atoms with E-state index in [-0.39, 0.29) is 41.0 Å². The van der Waals surface area contributed by atoms with Crippen LogP contribution in [0.25, 0.3) is 10.9 Å². The van der Waals surface area contributed by atoms with Crippen molar-refractivity contribution in [2.24, 2.45) is 0 Å². The molecule has 29 heavy (non-hydrogen) atoms. The van der Waals surface area contributed by atoms with Crippen LogP contribution in [0.4, 0.5) is 5.69 Å². The number of ketones is 2. The number of benzene rings is 2. The summed E-state index contributed by atoms with van der Waals surface area (Å²) in [6.45, 7) is 2.05. The number of aromatic nitrogens is 2. The Bertz CT molecular complexity index is 1170. The van der Waals surface area contributed by atoms with Crippen LogP contribution >= 0.6 is 0 Å². The number of nitrogen functional groups attached to an aromatic ring is 1. The third kappa shape index (κ3) is 3.63. The van der Waals surface area contributed by atoms with Crippen molar-refractivity contribution in [3.63, 3.8) is 0 Å². The van der Waals surface area contributed by atoms with Gasteiger partial charge in [0.05, 0.1) is 29.1 Å². The van der Waals surface area contributed by atoms with Crippen LogP contribution in [0.5, 0.6) is 5.75 Å². The summed E-state index contributed by atoms with van der Waals surface area (Å²) in [5, 5.41) is 0.257. The lowest BCUT2D eigenvalue weighted by Crippen LogP contribution is -2.36. The monoisotopic (exact) mass is 391 g/mol. The summed E-state index contributed by atoms with van der Waals surface area (Å²) in [5.41, 5.74) is 7.47. The summed E-state index contributed by atoms with van der Waals surface area (Å²) in [5.74, 6) is 0.580. The quantitative estimate of drug-likeness (QED) is 0.542. The molecule has 0 amide bonds. The highest BCUT2D eigenvalue weighted by molar-refractivity contribution is 6.03. The zero-order chi connectivity index (χ0) is 20.5. The third-order valence-electron chi connectivity index (χ3n) is 5.18. The molecule has 0 saturated heterocycles. The van der Waals surface area contributed by atoms with Crippen molar-refractivity contribution in [3.05, 3.63) is 64.2 Å². The molecular formula is C22H21N3O4. The number of aryl methyl sites for hydroxylation is 1. The van der Waals surface area contributed by atoms with E-state index in [1.807, 2.05) is 30.3 Å². The van der Waals surface area contributed by atoms with Crippen LogP contribution in [-0.4, -0.2) is 21.1 Å². The molecule has 0 bridgehead atoms. The topological polar surface area (TPSA) is 104 Å². The number of nitrogens with zero attached hydrogens (tertiary/aromatic N) is 2. The molecule has 7 nitrogen and oxygen atoms in total. The lowest BCUT2D eigenvalue weighted by molar-refractivity contribution is -0.132. The van der Waals surface area contributed by atoms with Crippen molar-refractivity contribution in [2.75, 3.05) is 5.73 Å². The third-order valence-corrected chi connectivity index (χ3v) is 5.18. The van der Waals surface area contributed by atoms with Crippen LogP contribution < -0.4 is 16.0 Å². The lowest BCUT2D eigenvalue weighted by Gasteiger charge is -2.24. The summed E-state index contributed by atoms with van der Waals surface area (Å²) >= 11 is 0. The van der Waals surface area contributed by atoms with E-state index in [4.69, 9.17) is 10.5 Å². The highest BCUT2D eigenvalue weighted by Gasteiger charge is 2.31. The largest absolute Gasteiger partial charge is 0.489 e. The van der Waals surface area contributed by atoms with E-state index < -0.39 is 6.04 Å². The van der Waals surface area contributed by atoms with Gasteiger partial charge in [-0.15, -0.1) is 0 Å². The highest BCUT2D eigenvalue weighted by Crippen LogP contribution is 2.28. The number of ether oxygens (including phenoxy) is 1. The number of carbonyl (C=O) groups excluding carboxylic acids is 2. The minimum absolute atomic E-state index is 0.0922. The molecule has 1 aliphatic rings. The van der Waals surface area contributed by atoms with Crippen LogP contribution in [0.1, 0.15) is 36.7 Å². The molecule has 0 aliphatic heterocycles. The van der Waals surface area contributed by atoms with E-state index in [1.54, 1.807) is 19.1 Å². The number of hydrogen-bond donors (Lipinski definition) is 1. The van der Waals surface area contributed by atoms with Gasteiger partial charge >= 0.3 is 0 Å². The molecule has 0 unspecified atom stereocenters. The smallest absolute Gasteiger partial charge is 0.264 e. The van der Waals surface area contributed by atoms with Gasteiger partial charge in [-0.3, -0.25) is 19.0 Å². The number of nitrogens with two attached hydrogens (primary N) is 1. The van der Waals surface area contributed by atoms with Gasteiger partial charge in [-0.05, 0) is 18.9 Å². The van der Waals surface area contributed by atoms with Crippen molar-refractivity contribution < 1.29 is 14.3 Å². The van der Waals surface area contributed by atoms with Gasteiger partial charge in [-0.2, -0.15) is 0 Å². The van der Waals surface area contributed by atoms with Gasteiger partial charge in [0.1, 0.15) is 24.0 Å². The summed E-state index contributed by atoms with van der Waals surface area (Å²) in [7, 11) is 0. The molecule has 2 aromatic carbocycles. The number of Topliss-reactive ketones (excluding diaryl/α,β-unsaturated/α-hetero) is 2. The minimum atomic E-state index is -0.675. The number of fused-ring (bicyclic) bond motifs is 1. The summed E-state index contributed by atoms with van der Waals surface area (Å²) < 4.78 is 7.19. The van der Waals surface area contributed by atoms with E-state index in [2.05, 4.69) is 4.98 Å². The second-order valence-corrected chi connectivity index (χ2v) is 7.25. The molecule has 4 rings (SSSR count). The standard InChI is InChI=1S/C22H21N3O4/c1-13-24-18-11-16(29-12-14-5-3-2-4-6-14)10-17(23)21(18)22(28)25(13)19-8-7-15(26)9-20(19)27/h2-6,10-11,19H,7-9,12,23H2,1H3/t19-/m0/s1. The Morgan fingerprint density at radius 1 is 1.17 bits per heavy atom. The Labute approximate surface area is 167 Å². The van der Waals surface area contributed by atoms with Gasteiger partial charge in [0, 0.05) is 18.6 Å². The molecule has 1 saturated carbocycles.